The molecule has 244 valence electrons. The van der Waals surface area contributed by atoms with Crippen LogP contribution in [-0.2, 0) is 16.0 Å². The fourth-order valence-electron chi connectivity index (χ4n) is 8.50. The predicted octanol–water partition coefficient (Wildman–Crippen LogP) is 6.38. The molecule has 7 rings (SSSR count). The Morgan fingerprint density at radius 1 is 1.11 bits per heavy atom. The van der Waals surface area contributed by atoms with Crippen LogP contribution in [0, 0.1) is 34.5 Å². The van der Waals surface area contributed by atoms with Crippen LogP contribution < -0.4 is 20.7 Å². The number of halogens is 3. The van der Waals surface area contributed by atoms with Crippen LogP contribution in [0.5, 0.6) is 5.75 Å². The van der Waals surface area contributed by atoms with Gasteiger partial charge in [-0.1, -0.05) is 25.1 Å². The summed E-state index contributed by atoms with van der Waals surface area (Å²) in [5, 5.41) is 20.3. The fraction of sp³-hybridized carbons (Fsp3) is 0.667. The molecule has 3 unspecified atom stereocenters. The maximum Gasteiger partial charge on any atom is 0.573 e. The molecule has 1 aromatic heterocycles. The van der Waals surface area contributed by atoms with Crippen molar-refractivity contribution in [3.05, 3.63) is 41.6 Å². The van der Waals surface area contributed by atoms with Crippen molar-refractivity contribution >= 4 is 11.8 Å². The van der Waals surface area contributed by atoms with E-state index in [2.05, 4.69) is 43.6 Å². The fourth-order valence-corrected chi connectivity index (χ4v) is 8.50. The van der Waals surface area contributed by atoms with Crippen LogP contribution in [0.4, 0.5) is 24.9 Å². The van der Waals surface area contributed by atoms with Crippen LogP contribution in [-0.4, -0.2) is 54.0 Å². The van der Waals surface area contributed by atoms with Gasteiger partial charge in [0.05, 0.1) is 19.4 Å². The van der Waals surface area contributed by atoms with Crippen LogP contribution in [0.3, 0.4) is 0 Å². The highest BCUT2D eigenvalue weighted by Gasteiger charge is 2.55. The zero-order chi connectivity index (χ0) is 31.7. The highest BCUT2D eigenvalue weighted by Crippen LogP contribution is 2.60. The molecule has 4 bridgehead atoms. The maximum absolute atomic E-state index is 12.8. The van der Waals surface area contributed by atoms with Gasteiger partial charge in [-0.3, -0.25) is 0 Å². The summed E-state index contributed by atoms with van der Waals surface area (Å²) in [4.78, 5) is 8.77. The highest BCUT2D eigenvalue weighted by molar-refractivity contribution is 5.53. The van der Waals surface area contributed by atoms with E-state index in [1.165, 1.54) is 37.6 Å². The van der Waals surface area contributed by atoms with Crippen molar-refractivity contribution in [2.75, 3.05) is 30.4 Å². The quantitative estimate of drug-likeness (QED) is 0.233. The molecule has 0 radical (unpaired) electrons. The molecule has 1 aliphatic heterocycles. The van der Waals surface area contributed by atoms with E-state index < -0.39 is 12.1 Å². The van der Waals surface area contributed by atoms with E-state index in [0.717, 1.165) is 44.6 Å². The first-order valence-electron chi connectivity index (χ1n) is 16.2. The Hall–Kier alpha value is -3.14. The molecule has 2 heterocycles. The number of anilines is 2. The molecule has 0 spiro atoms. The van der Waals surface area contributed by atoms with Gasteiger partial charge in [-0.15, -0.1) is 13.2 Å². The summed E-state index contributed by atoms with van der Waals surface area (Å²) < 4.78 is 54.4. The van der Waals surface area contributed by atoms with Crippen LogP contribution in [0.15, 0.2) is 30.5 Å². The molecule has 12 heteroatoms. The van der Waals surface area contributed by atoms with E-state index >= 15 is 0 Å². The van der Waals surface area contributed by atoms with Crippen LogP contribution >= 0.6 is 0 Å². The molecule has 4 saturated carbocycles. The number of hydrogen-bond acceptors (Lipinski definition) is 9. The largest absolute Gasteiger partial charge is 0.573 e. The third-order valence-electron chi connectivity index (χ3n) is 10.3. The van der Waals surface area contributed by atoms with Crippen LogP contribution in [0.1, 0.15) is 76.3 Å². The monoisotopic (exact) mass is 628 g/mol. The SMILES string of the molecule is CCC(CCC1(C)OCCO1)NC1C2CC3CC1CC(CNc1nc(NCc4ccccc4OC(F)(F)F)ncc1C#N)(C3)C2. The Morgan fingerprint density at radius 3 is 2.53 bits per heavy atom. The number of benzene rings is 1. The Morgan fingerprint density at radius 2 is 1.84 bits per heavy atom. The van der Waals surface area contributed by atoms with Crippen LogP contribution in [0.2, 0.25) is 0 Å². The van der Waals surface area contributed by atoms with Crippen molar-refractivity contribution in [2.24, 2.45) is 23.2 Å². The number of nitrogens with one attached hydrogen (secondary N) is 3. The first-order valence-corrected chi connectivity index (χ1v) is 16.2. The average molecular weight is 629 g/mol. The van der Waals surface area contributed by atoms with Gasteiger partial charge in [0.25, 0.3) is 0 Å². The summed E-state index contributed by atoms with van der Waals surface area (Å²) in [6, 6.07) is 9.07. The second-order valence-electron chi connectivity index (χ2n) is 13.6. The van der Waals surface area contributed by atoms with Gasteiger partial charge < -0.3 is 30.2 Å². The number of aromatic nitrogens is 2. The summed E-state index contributed by atoms with van der Waals surface area (Å²) in [6.45, 7) is 6.39. The topological polar surface area (TPSA) is 113 Å². The van der Waals surface area contributed by atoms with Gasteiger partial charge in [-0.25, -0.2) is 4.98 Å². The van der Waals surface area contributed by atoms with E-state index in [9.17, 15) is 18.4 Å². The van der Waals surface area contributed by atoms with Crippen molar-refractivity contribution in [1.82, 2.24) is 15.3 Å². The normalized spacial score (nSPS) is 28.9. The molecule has 1 saturated heterocycles. The molecule has 2 aromatic rings. The minimum absolute atomic E-state index is 0.0268. The summed E-state index contributed by atoms with van der Waals surface area (Å²) in [6.07, 6.45) is 5.63. The van der Waals surface area contributed by atoms with Crippen molar-refractivity contribution in [3.8, 4) is 11.8 Å². The van der Waals surface area contributed by atoms with Crippen molar-refractivity contribution in [1.29, 1.82) is 5.26 Å². The number of nitriles is 1. The lowest BCUT2D eigenvalue weighted by atomic mass is 9.48. The Labute approximate surface area is 262 Å². The summed E-state index contributed by atoms with van der Waals surface area (Å²) in [5.41, 5.74) is 0.795. The number of ether oxygens (including phenoxy) is 3. The molecular formula is C33H43F3N6O3. The molecule has 3 atom stereocenters. The lowest BCUT2D eigenvalue weighted by Gasteiger charge is -2.61. The number of hydrogen-bond donors (Lipinski definition) is 3. The molecule has 4 aliphatic carbocycles. The van der Waals surface area contributed by atoms with Crippen molar-refractivity contribution in [3.63, 3.8) is 0 Å². The zero-order valence-corrected chi connectivity index (χ0v) is 26.0. The van der Waals surface area contributed by atoms with Crippen molar-refractivity contribution in [2.45, 2.75) is 96.0 Å². The van der Waals surface area contributed by atoms with E-state index in [1.54, 1.807) is 12.1 Å². The minimum Gasteiger partial charge on any atom is -0.405 e. The number of rotatable bonds is 13. The number of alkyl halides is 3. The standard InChI is InChI=1S/C33H43F3N6O3/c1-3-26(8-9-31(2)43-10-11-44-31)41-28-23-12-21-13-24(28)16-32(14-21,15-23)20-40-29-25(17-37)19-39-30(42-29)38-18-22-6-4-5-7-27(22)45-33(34,35)36/h4-7,19,21,23-24,26,28,41H,3,8-16,18,20H2,1-2H3,(H2,38,39,40,42). The van der Waals surface area contributed by atoms with Gasteiger partial charge >= 0.3 is 6.36 Å². The van der Waals surface area contributed by atoms with E-state index in [1.807, 2.05) is 6.92 Å². The zero-order valence-electron chi connectivity index (χ0n) is 26.0. The van der Waals surface area contributed by atoms with Gasteiger partial charge in [0.15, 0.2) is 5.79 Å². The minimum atomic E-state index is -4.79. The Kier molecular flexibility index (Phi) is 9.14. The van der Waals surface area contributed by atoms with Crippen LogP contribution in [0.25, 0.3) is 0 Å². The molecule has 3 N–H and O–H groups in total. The number of para-hydroxylation sites is 1. The number of nitrogens with zero attached hydrogens (tertiary/aromatic N) is 3. The maximum atomic E-state index is 12.8. The molecule has 1 aromatic carbocycles. The van der Waals surface area contributed by atoms with Gasteiger partial charge in [-0.05, 0) is 81.1 Å². The predicted molar refractivity (Wildman–Crippen MR) is 162 cm³/mol. The van der Waals surface area contributed by atoms with Gasteiger partial charge in [0, 0.05) is 37.2 Å². The lowest BCUT2D eigenvalue weighted by molar-refractivity contribution is -0.274. The lowest BCUT2D eigenvalue weighted by Crippen LogP contribution is -2.61. The first kappa shape index (κ1) is 31.8. The second kappa shape index (κ2) is 12.9. The first-order chi connectivity index (χ1) is 21.6. The van der Waals surface area contributed by atoms with E-state index in [-0.39, 0.29) is 23.7 Å². The van der Waals surface area contributed by atoms with E-state index in [0.29, 0.717) is 54.1 Å². The molecule has 9 nitrogen and oxygen atoms in total. The average Bonchev–Trinajstić information content (AvgIpc) is 3.44. The molecule has 0 amide bonds. The highest BCUT2D eigenvalue weighted by atomic mass is 19.4. The molecule has 45 heavy (non-hydrogen) atoms. The van der Waals surface area contributed by atoms with Gasteiger partial charge in [-0.2, -0.15) is 10.2 Å². The summed E-state index contributed by atoms with van der Waals surface area (Å²) in [5.74, 6) is 1.89. The summed E-state index contributed by atoms with van der Waals surface area (Å²) >= 11 is 0. The van der Waals surface area contributed by atoms with E-state index in [4.69, 9.17) is 9.47 Å². The molecular weight excluding hydrogens is 585 g/mol. The molecule has 5 aliphatic rings. The summed E-state index contributed by atoms with van der Waals surface area (Å²) in [7, 11) is 0. The second-order valence-corrected chi connectivity index (χ2v) is 13.6. The van der Waals surface area contributed by atoms with Crippen molar-refractivity contribution < 1.29 is 27.4 Å². The third kappa shape index (κ3) is 7.47. The smallest absolute Gasteiger partial charge is 0.405 e. The third-order valence-corrected chi connectivity index (χ3v) is 10.3. The Bertz CT molecular complexity index is 1360. The molecule has 5 fully saturated rings. The van der Waals surface area contributed by atoms with Gasteiger partial charge in [0.2, 0.25) is 5.95 Å². The Balaban J connectivity index is 1.08. The van der Waals surface area contributed by atoms with Gasteiger partial charge in [0.1, 0.15) is 23.2 Å².